The van der Waals surface area contributed by atoms with Crippen LogP contribution in [0, 0.1) is 0 Å². The summed E-state index contributed by atoms with van der Waals surface area (Å²) in [6.45, 7) is 2.29. The van der Waals surface area contributed by atoms with Crippen molar-refractivity contribution in [1.82, 2.24) is 4.57 Å². The van der Waals surface area contributed by atoms with E-state index in [4.69, 9.17) is 0 Å². The van der Waals surface area contributed by atoms with Crippen molar-refractivity contribution in [3.05, 3.63) is 48.2 Å². The van der Waals surface area contributed by atoms with Crippen molar-refractivity contribution >= 4 is 19.1 Å². The van der Waals surface area contributed by atoms with Crippen LogP contribution in [0.3, 0.4) is 0 Å². The molecule has 1 fully saturated rings. The molecule has 0 bridgehead atoms. The van der Waals surface area contributed by atoms with Gasteiger partial charge in [0.05, 0.1) is 0 Å². The Morgan fingerprint density at radius 3 is 2.64 bits per heavy atom. The molecule has 0 saturated heterocycles. The summed E-state index contributed by atoms with van der Waals surface area (Å²) >= 11 is 0. The zero-order chi connectivity index (χ0) is 17.1. The summed E-state index contributed by atoms with van der Waals surface area (Å²) < 4.78 is 2.60. The van der Waals surface area contributed by atoms with E-state index in [0.29, 0.717) is 0 Å². The lowest BCUT2D eigenvalue weighted by Gasteiger charge is -2.37. The van der Waals surface area contributed by atoms with Gasteiger partial charge in [-0.1, -0.05) is 43.6 Å². The van der Waals surface area contributed by atoms with Gasteiger partial charge in [-0.25, -0.2) is 0 Å². The van der Waals surface area contributed by atoms with Crippen LogP contribution in [-0.4, -0.2) is 15.9 Å². The van der Waals surface area contributed by atoms with Gasteiger partial charge < -0.3 is 4.57 Å². The molecule has 4 rings (SSSR count). The zero-order valence-corrected chi connectivity index (χ0v) is 16.6. The molecule has 3 aliphatic rings. The maximum atomic E-state index is 2.60. The van der Waals surface area contributed by atoms with E-state index >= 15 is 0 Å². The zero-order valence-electron chi connectivity index (χ0n) is 15.7. The summed E-state index contributed by atoms with van der Waals surface area (Å²) in [5.41, 5.74) is 6.40. The van der Waals surface area contributed by atoms with Gasteiger partial charge in [0.1, 0.15) is 0 Å². The van der Waals surface area contributed by atoms with Gasteiger partial charge in [0.2, 0.25) is 0 Å². The van der Waals surface area contributed by atoms with Crippen LogP contribution in [0.15, 0.2) is 48.2 Å². The minimum atomic E-state index is -0.102. The molecular formula is C23H32NP. The Kier molecular flexibility index (Phi) is 5.61. The first-order valence-corrected chi connectivity index (χ1v) is 11.8. The Morgan fingerprint density at radius 1 is 1.00 bits per heavy atom. The molecule has 1 aromatic rings. The highest BCUT2D eigenvalue weighted by Crippen LogP contribution is 2.54. The molecule has 1 nitrogen and oxygen atoms in total. The smallest absolute Gasteiger partial charge is 0.0464 e. The summed E-state index contributed by atoms with van der Waals surface area (Å²) in [4.78, 5) is 0. The van der Waals surface area contributed by atoms with Crippen LogP contribution < -0.4 is 5.44 Å². The van der Waals surface area contributed by atoms with Gasteiger partial charge in [-0.15, -0.1) is 0 Å². The van der Waals surface area contributed by atoms with Gasteiger partial charge in [0.15, 0.2) is 0 Å². The number of hydrogen-bond acceptors (Lipinski definition) is 0. The quantitative estimate of drug-likeness (QED) is 0.423. The highest BCUT2D eigenvalue weighted by Gasteiger charge is 2.33. The monoisotopic (exact) mass is 353 g/mol. The number of nitrogens with zero attached hydrogens (tertiary/aromatic N) is 1. The van der Waals surface area contributed by atoms with E-state index in [-0.39, 0.29) is 7.92 Å². The summed E-state index contributed by atoms with van der Waals surface area (Å²) in [5.74, 6) is 0. The van der Waals surface area contributed by atoms with Crippen LogP contribution in [0.25, 0.3) is 5.70 Å². The van der Waals surface area contributed by atoms with E-state index in [1.165, 1.54) is 69.8 Å². The summed E-state index contributed by atoms with van der Waals surface area (Å²) in [5, 5.41) is 0. The molecule has 1 saturated carbocycles. The second kappa shape index (κ2) is 8.09. The second-order valence-corrected chi connectivity index (χ2v) is 10.6. The minimum absolute atomic E-state index is 0.102. The fourth-order valence-corrected chi connectivity index (χ4v) is 8.55. The molecule has 0 aromatic carbocycles. The predicted molar refractivity (Wildman–Crippen MR) is 112 cm³/mol. The van der Waals surface area contributed by atoms with Crippen LogP contribution >= 0.6 is 7.92 Å². The second-order valence-electron chi connectivity index (χ2n) is 7.93. The maximum Gasteiger partial charge on any atom is 0.0464 e. The van der Waals surface area contributed by atoms with Gasteiger partial charge in [0.25, 0.3) is 0 Å². The van der Waals surface area contributed by atoms with Crippen molar-refractivity contribution in [3.8, 4) is 0 Å². The molecule has 2 unspecified atom stereocenters. The van der Waals surface area contributed by atoms with E-state index in [1.807, 2.05) is 0 Å². The molecule has 0 radical (unpaired) electrons. The van der Waals surface area contributed by atoms with Crippen LogP contribution in [-0.2, 0) is 0 Å². The number of rotatable bonds is 4. The normalized spacial score (nSPS) is 26.2. The Morgan fingerprint density at radius 2 is 1.88 bits per heavy atom. The highest BCUT2D eigenvalue weighted by atomic mass is 31.1. The summed E-state index contributed by atoms with van der Waals surface area (Å²) in [6, 6.07) is 4.76. The van der Waals surface area contributed by atoms with E-state index in [1.54, 1.807) is 11.1 Å². The van der Waals surface area contributed by atoms with Crippen molar-refractivity contribution in [1.29, 1.82) is 0 Å². The molecule has 2 heteroatoms. The Balaban J connectivity index is 1.72. The van der Waals surface area contributed by atoms with Gasteiger partial charge in [-0.05, 0) is 83.2 Å². The SMILES string of the molecule is CC1=C(n2cccc2P(C2C=CCCC2)C2CCCCC2)CCC=C1. The standard InChI is InChI=1S/C23H32NP/c1-19-11-8-9-16-22(19)24-18-10-17-23(24)25(20-12-4-2-5-13-20)21-14-6-3-7-15-21/h4,8,10-12,17-18,20-21H,2-3,5-7,9,13-16H2,1H3. The molecule has 0 N–H and O–H groups in total. The molecule has 0 spiro atoms. The van der Waals surface area contributed by atoms with Crippen molar-refractivity contribution in [3.63, 3.8) is 0 Å². The lowest BCUT2D eigenvalue weighted by Crippen LogP contribution is -2.28. The fourth-order valence-electron chi connectivity index (χ4n) is 4.91. The van der Waals surface area contributed by atoms with Crippen molar-refractivity contribution in [2.24, 2.45) is 0 Å². The first-order valence-electron chi connectivity index (χ1n) is 10.3. The summed E-state index contributed by atoms with van der Waals surface area (Å²) in [7, 11) is -0.102. The van der Waals surface area contributed by atoms with E-state index in [2.05, 4.69) is 54.1 Å². The van der Waals surface area contributed by atoms with Crippen LogP contribution in [0.2, 0.25) is 0 Å². The van der Waals surface area contributed by atoms with Crippen LogP contribution in [0.4, 0.5) is 0 Å². The van der Waals surface area contributed by atoms with Crippen molar-refractivity contribution < 1.29 is 0 Å². The highest BCUT2D eigenvalue weighted by molar-refractivity contribution is 7.67. The van der Waals surface area contributed by atoms with E-state index in [9.17, 15) is 0 Å². The van der Waals surface area contributed by atoms with E-state index in [0.717, 1.165) is 11.3 Å². The third-order valence-electron chi connectivity index (χ3n) is 6.21. The van der Waals surface area contributed by atoms with Crippen molar-refractivity contribution in [2.45, 2.75) is 82.4 Å². The molecule has 0 amide bonds. The van der Waals surface area contributed by atoms with E-state index < -0.39 is 0 Å². The number of aromatic nitrogens is 1. The first-order chi connectivity index (χ1) is 12.3. The molecule has 3 aliphatic carbocycles. The van der Waals surface area contributed by atoms with Crippen LogP contribution in [0.1, 0.15) is 71.1 Å². The lowest BCUT2D eigenvalue weighted by molar-refractivity contribution is 0.509. The minimum Gasteiger partial charge on any atom is -0.320 e. The third kappa shape index (κ3) is 3.72. The number of allylic oxidation sites excluding steroid dienone is 6. The Labute approximate surface area is 154 Å². The Bertz CT molecular complexity index is 672. The molecule has 0 aliphatic heterocycles. The molecule has 1 aromatic heterocycles. The fraction of sp³-hybridized carbons (Fsp3) is 0.565. The third-order valence-corrected chi connectivity index (χ3v) is 9.55. The van der Waals surface area contributed by atoms with Crippen molar-refractivity contribution in [2.75, 3.05) is 0 Å². The molecule has 25 heavy (non-hydrogen) atoms. The van der Waals surface area contributed by atoms with Gasteiger partial charge in [0, 0.05) is 23.0 Å². The number of hydrogen-bond donors (Lipinski definition) is 0. The topological polar surface area (TPSA) is 4.93 Å². The van der Waals surface area contributed by atoms with Gasteiger partial charge in [-0.2, -0.15) is 0 Å². The maximum absolute atomic E-state index is 2.60. The van der Waals surface area contributed by atoms with Gasteiger partial charge >= 0.3 is 0 Å². The predicted octanol–water partition coefficient (Wildman–Crippen LogP) is 6.62. The molecule has 1 heterocycles. The molecule has 134 valence electrons. The summed E-state index contributed by atoms with van der Waals surface area (Å²) in [6.07, 6.45) is 25.8. The average Bonchev–Trinajstić information content (AvgIpc) is 3.13. The average molecular weight is 353 g/mol. The molecule has 2 atom stereocenters. The first kappa shape index (κ1) is 17.3. The largest absolute Gasteiger partial charge is 0.320 e. The molecular weight excluding hydrogens is 321 g/mol. The Hall–Kier alpha value is -1.07. The lowest BCUT2D eigenvalue weighted by atomic mass is 10.0. The van der Waals surface area contributed by atoms with Gasteiger partial charge in [-0.3, -0.25) is 0 Å². The van der Waals surface area contributed by atoms with Crippen LogP contribution in [0.5, 0.6) is 0 Å².